The van der Waals surface area contributed by atoms with Gasteiger partial charge in [-0.1, -0.05) is 43.7 Å². The quantitative estimate of drug-likeness (QED) is 0.830. The van der Waals surface area contributed by atoms with Crippen LogP contribution in [-0.2, 0) is 4.79 Å². The molecule has 1 aromatic rings. The molecule has 0 bridgehead atoms. The SMILES string of the molecule is CC1CCCC1C(=O)NCC(Cl)c1ccccc1. The molecule has 1 aliphatic carbocycles. The van der Waals surface area contributed by atoms with E-state index in [1.165, 1.54) is 12.8 Å². The van der Waals surface area contributed by atoms with E-state index < -0.39 is 0 Å². The topological polar surface area (TPSA) is 29.1 Å². The number of benzene rings is 1. The second-order valence-corrected chi connectivity index (χ2v) is 5.66. The lowest BCUT2D eigenvalue weighted by Crippen LogP contribution is -2.34. The second-order valence-electron chi connectivity index (χ2n) is 5.14. The molecular weight excluding hydrogens is 246 g/mol. The molecule has 1 fully saturated rings. The van der Waals surface area contributed by atoms with E-state index in [2.05, 4.69) is 12.2 Å². The van der Waals surface area contributed by atoms with Crippen LogP contribution >= 0.6 is 11.6 Å². The van der Waals surface area contributed by atoms with Crippen LogP contribution < -0.4 is 5.32 Å². The van der Waals surface area contributed by atoms with Crippen LogP contribution in [0.4, 0.5) is 0 Å². The van der Waals surface area contributed by atoms with Crippen LogP contribution in [0.2, 0.25) is 0 Å². The lowest BCUT2D eigenvalue weighted by atomic mass is 9.97. The largest absolute Gasteiger partial charge is 0.354 e. The molecule has 1 saturated carbocycles. The summed E-state index contributed by atoms with van der Waals surface area (Å²) >= 11 is 6.28. The lowest BCUT2D eigenvalue weighted by Gasteiger charge is -2.17. The molecule has 0 spiro atoms. The van der Waals surface area contributed by atoms with Gasteiger partial charge in [0.2, 0.25) is 5.91 Å². The summed E-state index contributed by atoms with van der Waals surface area (Å²) in [5, 5.41) is 2.84. The first-order chi connectivity index (χ1) is 8.68. The standard InChI is InChI=1S/C15H20ClNO/c1-11-6-5-9-13(11)15(18)17-10-14(16)12-7-3-2-4-8-12/h2-4,7-8,11,13-14H,5-6,9-10H2,1H3,(H,17,18). The van der Waals surface area contributed by atoms with Gasteiger partial charge in [0, 0.05) is 12.5 Å². The van der Waals surface area contributed by atoms with E-state index >= 15 is 0 Å². The second kappa shape index (κ2) is 6.24. The Kier molecular flexibility index (Phi) is 4.65. The molecule has 0 aliphatic heterocycles. The van der Waals surface area contributed by atoms with E-state index in [9.17, 15) is 4.79 Å². The van der Waals surface area contributed by atoms with Gasteiger partial charge >= 0.3 is 0 Å². The van der Waals surface area contributed by atoms with Gasteiger partial charge in [0.15, 0.2) is 0 Å². The molecule has 1 aliphatic rings. The van der Waals surface area contributed by atoms with Gasteiger partial charge in [-0.3, -0.25) is 4.79 Å². The van der Waals surface area contributed by atoms with Crippen molar-refractivity contribution in [2.24, 2.45) is 11.8 Å². The fourth-order valence-corrected chi connectivity index (χ4v) is 2.86. The van der Waals surface area contributed by atoms with E-state index in [-0.39, 0.29) is 17.2 Å². The first kappa shape index (κ1) is 13.4. The van der Waals surface area contributed by atoms with Crippen molar-refractivity contribution in [1.29, 1.82) is 0 Å². The lowest BCUT2D eigenvalue weighted by molar-refractivity contribution is -0.125. The monoisotopic (exact) mass is 265 g/mol. The summed E-state index contributed by atoms with van der Waals surface area (Å²) < 4.78 is 0. The van der Waals surface area contributed by atoms with Gasteiger partial charge < -0.3 is 5.32 Å². The Morgan fingerprint density at radius 3 is 2.72 bits per heavy atom. The Balaban J connectivity index is 1.83. The van der Waals surface area contributed by atoms with Crippen molar-refractivity contribution in [3.8, 4) is 0 Å². The molecule has 2 nitrogen and oxygen atoms in total. The summed E-state index contributed by atoms with van der Waals surface area (Å²) in [5.74, 6) is 0.863. The van der Waals surface area contributed by atoms with Crippen LogP contribution in [-0.4, -0.2) is 12.5 Å². The third-order valence-corrected chi connectivity index (χ3v) is 4.22. The summed E-state index contributed by atoms with van der Waals surface area (Å²) in [5.41, 5.74) is 1.05. The van der Waals surface area contributed by atoms with Crippen molar-refractivity contribution < 1.29 is 4.79 Å². The van der Waals surface area contributed by atoms with Crippen molar-refractivity contribution >= 4 is 17.5 Å². The number of carbonyl (C=O) groups excluding carboxylic acids is 1. The summed E-state index contributed by atoms with van der Waals surface area (Å²) in [4.78, 5) is 12.0. The Labute approximate surface area is 114 Å². The van der Waals surface area contributed by atoms with Gasteiger partial charge in [0.25, 0.3) is 0 Å². The number of hydrogen-bond donors (Lipinski definition) is 1. The summed E-state index contributed by atoms with van der Waals surface area (Å²) in [6, 6.07) is 9.87. The van der Waals surface area contributed by atoms with Gasteiger partial charge in [-0.25, -0.2) is 0 Å². The Morgan fingerprint density at radius 2 is 2.11 bits per heavy atom. The maximum absolute atomic E-state index is 12.0. The minimum absolute atomic E-state index is 0.146. The van der Waals surface area contributed by atoms with Crippen molar-refractivity contribution in [2.75, 3.05) is 6.54 Å². The molecule has 0 heterocycles. The summed E-state index contributed by atoms with van der Waals surface area (Å²) in [6.07, 6.45) is 3.36. The molecular formula is C15H20ClNO. The van der Waals surface area contributed by atoms with Gasteiger partial charge in [0.05, 0.1) is 5.38 Å². The van der Waals surface area contributed by atoms with Crippen LogP contribution in [0.5, 0.6) is 0 Å². The van der Waals surface area contributed by atoms with Crippen molar-refractivity contribution in [2.45, 2.75) is 31.6 Å². The van der Waals surface area contributed by atoms with E-state index in [0.29, 0.717) is 12.5 Å². The molecule has 1 N–H and O–H groups in total. The Morgan fingerprint density at radius 1 is 1.39 bits per heavy atom. The maximum atomic E-state index is 12.0. The first-order valence-electron chi connectivity index (χ1n) is 6.65. The number of amides is 1. The molecule has 0 aromatic heterocycles. The van der Waals surface area contributed by atoms with Crippen LogP contribution in [0.15, 0.2) is 30.3 Å². The highest BCUT2D eigenvalue weighted by atomic mass is 35.5. The molecule has 18 heavy (non-hydrogen) atoms. The van der Waals surface area contributed by atoms with Crippen molar-refractivity contribution in [3.63, 3.8) is 0 Å². The van der Waals surface area contributed by atoms with E-state index in [4.69, 9.17) is 11.6 Å². The zero-order valence-corrected chi connectivity index (χ0v) is 11.5. The average molecular weight is 266 g/mol. The zero-order valence-electron chi connectivity index (χ0n) is 10.7. The molecule has 3 unspecified atom stereocenters. The van der Waals surface area contributed by atoms with Crippen LogP contribution in [0.25, 0.3) is 0 Å². The van der Waals surface area contributed by atoms with Gasteiger partial charge in [-0.15, -0.1) is 11.6 Å². The minimum Gasteiger partial charge on any atom is -0.354 e. The number of rotatable bonds is 4. The van der Waals surface area contributed by atoms with E-state index in [1.807, 2.05) is 30.3 Å². The van der Waals surface area contributed by atoms with E-state index in [1.54, 1.807) is 0 Å². The predicted octanol–water partition coefficient (Wildman–Crippen LogP) is 3.52. The molecule has 0 radical (unpaired) electrons. The molecule has 1 aromatic carbocycles. The van der Waals surface area contributed by atoms with Gasteiger partial charge in [0.1, 0.15) is 0 Å². The Hall–Kier alpha value is -1.02. The number of halogens is 1. The highest BCUT2D eigenvalue weighted by molar-refractivity contribution is 6.21. The number of carbonyl (C=O) groups is 1. The highest BCUT2D eigenvalue weighted by Crippen LogP contribution is 2.31. The molecule has 0 saturated heterocycles. The van der Waals surface area contributed by atoms with Gasteiger partial charge in [-0.05, 0) is 24.3 Å². The molecule has 3 atom stereocenters. The third kappa shape index (κ3) is 3.26. The van der Waals surface area contributed by atoms with Crippen molar-refractivity contribution in [1.82, 2.24) is 5.32 Å². The number of hydrogen-bond acceptors (Lipinski definition) is 1. The summed E-state index contributed by atoms with van der Waals surface area (Å²) in [7, 11) is 0. The third-order valence-electron chi connectivity index (χ3n) is 3.82. The smallest absolute Gasteiger partial charge is 0.223 e. The normalized spacial score (nSPS) is 24.8. The number of nitrogens with one attached hydrogen (secondary N) is 1. The fraction of sp³-hybridized carbons (Fsp3) is 0.533. The average Bonchev–Trinajstić information content (AvgIpc) is 2.83. The zero-order chi connectivity index (χ0) is 13.0. The van der Waals surface area contributed by atoms with E-state index in [0.717, 1.165) is 12.0 Å². The molecule has 98 valence electrons. The highest BCUT2D eigenvalue weighted by Gasteiger charge is 2.29. The van der Waals surface area contributed by atoms with Crippen LogP contribution in [0.3, 0.4) is 0 Å². The maximum Gasteiger partial charge on any atom is 0.223 e. The van der Waals surface area contributed by atoms with Crippen LogP contribution in [0, 0.1) is 11.8 Å². The number of alkyl halides is 1. The molecule has 2 rings (SSSR count). The Bertz CT molecular complexity index is 393. The fourth-order valence-electron chi connectivity index (χ4n) is 2.64. The molecule has 1 amide bonds. The summed E-state index contributed by atoms with van der Waals surface area (Å²) in [6.45, 7) is 2.67. The minimum atomic E-state index is -0.146. The van der Waals surface area contributed by atoms with Gasteiger partial charge in [-0.2, -0.15) is 0 Å². The predicted molar refractivity (Wildman–Crippen MR) is 74.6 cm³/mol. The first-order valence-corrected chi connectivity index (χ1v) is 7.09. The van der Waals surface area contributed by atoms with Crippen molar-refractivity contribution in [3.05, 3.63) is 35.9 Å². The molecule has 3 heteroatoms. The van der Waals surface area contributed by atoms with Crippen LogP contribution in [0.1, 0.15) is 37.1 Å².